The summed E-state index contributed by atoms with van der Waals surface area (Å²) >= 11 is 1.35. The molecule has 2 aromatic heterocycles. The molecule has 0 saturated heterocycles. The average molecular weight is 326 g/mol. The first-order valence-electron chi connectivity index (χ1n) is 7.48. The summed E-state index contributed by atoms with van der Waals surface area (Å²) < 4.78 is 10.8. The number of hydrogen-bond donors (Lipinski definition) is 0. The van der Waals surface area contributed by atoms with E-state index in [-0.39, 0.29) is 11.6 Å². The Balaban J connectivity index is 1.73. The number of aryl methyl sites for hydroxylation is 2. The van der Waals surface area contributed by atoms with Crippen molar-refractivity contribution in [2.24, 2.45) is 0 Å². The summed E-state index contributed by atoms with van der Waals surface area (Å²) in [5.41, 5.74) is 2.95. The quantitative estimate of drug-likeness (QED) is 0.407. The normalized spacial score (nSPS) is 13.3. The largest absolute Gasteiger partial charge is 0.422 e. The van der Waals surface area contributed by atoms with Crippen LogP contribution in [0, 0.1) is 6.92 Å². The fourth-order valence-corrected chi connectivity index (χ4v) is 3.86. The molecule has 0 spiro atoms. The number of hydrogen-bond acceptors (Lipinski definition) is 5. The van der Waals surface area contributed by atoms with Gasteiger partial charge in [0.15, 0.2) is 0 Å². The Morgan fingerprint density at radius 3 is 2.83 bits per heavy atom. The van der Waals surface area contributed by atoms with E-state index in [1.807, 2.05) is 24.4 Å². The summed E-state index contributed by atoms with van der Waals surface area (Å²) in [6.45, 7) is 1.87. The number of thiophene rings is 1. The van der Waals surface area contributed by atoms with Crippen LogP contribution in [0.25, 0.3) is 11.0 Å². The van der Waals surface area contributed by atoms with Crippen molar-refractivity contribution in [3.63, 3.8) is 0 Å². The van der Waals surface area contributed by atoms with E-state index in [1.54, 1.807) is 12.1 Å². The smallest absolute Gasteiger partial charge is 0.353 e. The van der Waals surface area contributed by atoms with E-state index in [0.717, 1.165) is 41.3 Å². The molecule has 0 N–H and O–H groups in total. The molecule has 1 aliphatic rings. The molecule has 116 valence electrons. The molecule has 0 unspecified atom stereocenters. The topological polar surface area (TPSA) is 56.5 Å². The third kappa shape index (κ3) is 2.37. The second-order valence-electron chi connectivity index (χ2n) is 5.68. The van der Waals surface area contributed by atoms with E-state index in [4.69, 9.17) is 9.15 Å². The number of carbonyl (C=O) groups is 1. The molecular formula is C18H14O4S. The minimum absolute atomic E-state index is 0.275. The van der Waals surface area contributed by atoms with Gasteiger partial charge in [-0.2, -0.15) is 0 Å². The number of ether oxygens (including phenoxy) is 1. The van der Waals surface area contributed by atoms with Crippen molar-refractivity contribution >= 4 is 28.3 Å². The predicted octanol–water partition coefficient (Wildman–Crippen LogP) is 3.87. The van der Waals surface area contributed by atoms with Gasteiger partial charge >= 0.3 is 11.6 Å². The van der Waals surface area contributed by atoms with Crippen LogP contribution in [0.2, 0.25) is 0 Å². The lowest BCUT2D eigenvalue weighted by molar-refractivity contribution is 0.0739. The van der Waals surface area contributed by atoms with Crippen LogP contribution >= 0.6 is 11.3 Å². The van der Waals surface area contributed by atoms with Gasteiger partial charge in [0.1, 0.15) is 16.2 Å². The highest BCUT2D eigenvalue weighted by molar-refractivity contribution is 7.12. The summed E-state index contributed by atoms with van der Waals surface area (Å²) in [6, 6.07) is 7.12. The SMILES string of the molecule is Cc1ccsc1C(=O)Oc1ccc2c3c(c(=O)oc2c1)CCC3. The number of carbonyl (C=O) groups excluding carboxylic acids is 1. The third-order valence-corrected chi connectivity index (χ3v) is 5.20. The van der Waals surface area contributed by atoms with Crippen molar-refractivity contribution < 1.29 is 13.9 Å². The molecule has 5 heteroatoms. The minimum atomic E-state index is -0.389. The molecule has 23 heavy (non-hydrogen) atoms. The molecule has 0 amide bonds. The number of rotatable bonds is 2. The Morgan fingerprint density at radius 1 is 1.22 bits per heavy atom. The van der Waals surface area contributed by atoms with Crippen LogP contribution < -0.4 is 10.4 Å². The van der Waals surface area contributed by atoms with Gasteiger partial charge in [0.2, 0.25) is 0 Å². The van der Waals surface area contributed by atoms with Gasteiger partial charge in [0, 0.05) is 17.0 Å². The van der Waals surface area contributed by atoms with E-state index in [1.165, 1.54) is 11.3 Å². The first kappa shape index (κ1) is 14.2. The summed E-state index contributed by atoms with van der Waals surface area (Å²) in [6.07, 6.45) is 2.65. The van der Waals surface area contributed by atoms with Gasteiger partial charge in [0.05, 0.1) is 0 Å². The molecule has 4 nitrogen and oxygen atoms in total. The van der Waals surface area contributed by atoms with Crippen LogP contribution in [-0.2, 0) is 12.8 Å². The van der Waals surface area contributed by atoms with Crippen molar-refractivity contribution in [3.8, 4) is 5.75 Å². The first-order chi connectivity index (χ1) is 11.1. The van der Waals surface area contributed by atoms with Crippen LogP contribution in [0.1, 0.15) is 32.8 Å². The van der Waals surface area contributed by atoms with E-state index in [9.17, 15) is 9.59 Å². The van der Waals surface area contributed by atoms with Gasteiger partial charge in [-0.1, -0.05) is 0 Å². The highest BCUT2D eigenvalue weighted by Crippen LogP contribution is 2.30. The fraction of sp³-hybridized carbons (Fsp3) is 0.222. The van der Waals surface area contributed by atoms with E-state index in [0.29, 0.717) is 16.2 Å². The van der Waals surface area contributed by atoms with Crippen molar-refractivity contribution in [1.29, 1.82) is 0 Å². The van der Waals surface area contributed by atoms with Crippen molar-refractivity contribution in [3.05, 3.63) is 61.6 Å². The molecule has 0 atom stereocenters. The Hall–Kier alpha value is -2.40. The predicted molar refractivity (Wildman–Crippen MR) is 88.5 cm³/mol. The maximum atomic E-state index is 12.2. The summed E-state index contributed by atoms with van der Waals surface area (Å²) in [7, 11) is 0. The maximum absolute atomic E-state index is 12.2. The molecule has 3 aromatic rings. The lowest BCUT2D eigenvalue weighted by Crippen LogP contribution is -2.09. The van der Waals surface area contributed by atoms with Gasteiger partial charge in [-0.05, 0) is 60.9 Å². The molecule has 0 fully saturated rings. The van der Waals surface area contributed by atoms with Crippen LogP contribution in [-0.4, -0.2) is 5.97 Å². The Bertz CT molecular complexity index is 980. The van der Waals surface area contributed by atoms with Crippen molar-refractivity contribution in [1.82, 2.24) is 0 Å². The summed E-state index contributed by atoms with van der Waals surface area (Å²) in [5, 5.41) is 2.79. The van der Waals surface area contributed by atoms with E-state index < -0.39 is 0 Å². The van der Waals surface area contributed by atoms with Gasteiger partial charge < -0.3 is 9.15 Å². The van der Waals surface area contributed by atoms with Gasteiger partial charge in [-0.15, -0.1) is 11.3 Å². The second kappa shape index (κ2) is 5.35. The molecule has 1 aromatic carbocycles. The molecule has 0 radical (unpaired) electrons. The third-order valence-electron chi connectivity index (χ3n) is 4.20. The summed E-state index contributed by atoms with van der Waals surface area (Å²) in [5.74, 6) is -0.00301. The zero-order valence-corrected chi connectivity index (χ0v) is 13.4. The standard InChI is InChI=1S/C18H14O4S/c1-10-7-8-23-16(10)18(20)21-11-5-6-13-12-3-2-4-14(12)17(19)22-15(13)9-11/h5-9H,2-4H2,1H3. The monoisotopic (exact) mass is 326 g/mol. The lowest BCUT2D eigenvalue weighted by Gasteiger charge is -2.07. The Labute approximate surface area is 136 Å². The highest BCUT2D eigenvalue weighted by Gasteiger charge is 2.20. The molecule has 1 aliphatic carbocycles. The van der Waals surface area contributed by atoms with Gasteiger partial charge in [-0.3, -0.25) is 0 Å². The van der Waals surface area contributed by atoms with Gasteiger partial charge in [0.25, 0.3) is 0 Å². The van der Waals surface area contributed by atoms with Crippen molar-refractivity contribution in [2.75, 3.05) is 0 Å². The average Bonchev–Trinajstić information content (AvgIpc) is 3.16. The van der Waals surface area contributed by atoms with Crippen LogP contribution in [0.4, 0.5) is 0 Å². The summed E-state index contributed by atoms with van der Waals surface area (Å²) in [4.78, 5) is 24.8. The zero-order valence-electron chi connectivity index (χ0n) is 12.5. The molecular weight excluding hydrogens is 312 g/mol. The molecule has 0 bridgehead atoms. The molecule has 4 rings (SSSR count). The minimum Gasteiger partial charge on any atom is -0.422 e. The molecule has 0 saturated carbocycles. The van der Waals surface area contributed by atoms with Crippen molar-refractivity contribution in [2.45, 2.75) is 26.2 Å². The molecule has 0 aliphatic heterocycles. The number of fused-ring (bicyclic) bond motifs is 3. The van der Waals surface area contributed by atoms with Gasteiger partial charge in [-0.25, -0.2) is 9.59 Å². The Morgan fingerprint density at radius 2 is 2.04 bits per heavy atom. The fourth-order valence-electron chi connectivity index (χ4n) is 3.06. The first-order valence-corrected chi connectivity index (χ1v) is 8.36. The van der Waals surface area contributed by atoms with Crippen LogP contribution in [0.15, 0.2) is 38.9 Å². The zero-order chi connectivity index (χ0) is 16.0. The van der Waals surface area contributed by atoms with Crippen LogP contribution in [0.5, 0.6) is 5.75 Å². The second-order valence-corrected chi connectivity index (χ2v) is 6.60. The number of esters is 1. The number of benzene rings is 1. The Kier molecular flexibility index (Phi) is 3.31. The maximum Gasteiger partial charge on any atom is 0.353 e. The van der Waals surface area contributed by atoms with Crippen LogP contribution in [0.3, 0.4) is 0 Å². The van der Waals surface area contributed by atoms with E-state index in [2.05, 4.69) is 0 Å². The lowest BCUT2D eigenvalue weighted by atomic mass is 10.1. The van der Waals surface area contributed by atoms with E-state index >= 15 is 0 Å². The highest BCUT2D eigenvalue weighted by atomic mass is 32.1. The molecule has 2 heterocycles.